The van der Waals surface area contributed by atoms with Crippen molar-refractivity contribution in [2.45, 2.75) is 38.1 Å². The Bertz CT molecular complexity index is 447. The van der Waals surface area contributed by atoms with Gasteiger partial charge >= 0.3 is 0 Å². The lowest BCUT2D eigenvalue weighted by molar-refractivity contribution is -0.00813. The first-order valence-corrected chi connectivity index (χ1v) is 7.43. The van der Waals surface area contributed by atoms with Crippen LogP contribution in [0.1, 0.15) is 31.2 Å². The third-order valence-electron chi connectivity index (χ3n) is 4.36. The lowest BCUT2D eigenvalue weighted by Gasteiger charge is -2.37. The van der Waals surface area contributed by atoms with Gasteiger partial charge in [0.2, 0.25) is 0 Å². The van der Waals surface area contributed by atoms with Gasteiger partial charge in [-0.2, -0.15) is 0 Å². The summed E-state index contributed by atoms with van der Waals surface area (Å²) >= 11 is 0. The molecule has 1 saturated carbocycles. The second-order valence-electron chi connectivity index (χ2n) is 6.19. The van der Waals surface area contributed by atoms with Crippen molar-refractivity contribution in [3.63, 3.8) is 0 Å². The first-order valence-electron chi connectivity index (χ1n) is 7.43. The van der Waals surface area contributed by atoms with Crippen LogP contribution in [0.3, 0.4) is 0 Å². The van der Waals surface area contributed by atoms with Gasteiger partial charge in [-0.1, -0.05) is 6.07 Å². The molecule has 20 heavy (non-hydrogen) atoms. The summed E-state index contributed by atoms with van der Waals surface area (Å²) in [6.45, 7) is 2.12. The average molecular weight is 281 g/mol. The summed E-state index contributed by atoms with van der Waals surface area (Å²) in [6.07, 6.45) is 4.75. The lowest BCUT2D eigenvalue weighted by atomic mass is 9.77. The number of rotatable bonds is 5. The van der Waals surface area contributed by atoms with E-state index in [1.54, 1.807) is 0 Å². The standard InChI is InChI=1S/C16H21F2NO/c17-14-3-1-4-15(18)13(14)9-16(7-2-8-20-11-16)10-19-12-5-6-12/h1,3-4,12,19H,2,5-11H2. The molecule has 1 aliphatic heterocycles. The quantitative estimate of drug-likeness (QED) is 0.895. The van der Waals surface area contributed by atoms with Gasteiger partial charge in [-0.3, -0.25) is 0 Å². The molecule has 1 unspecified atom stereocenters. The second-order valence-corrected chi connectivity index (χ2v) is 6.19. The fourth-order valence-corrected chi connectivity index (χ4v) is 2.98. The topological polar surface area (TPSA) is 21.3 Å². The molecule has 0 spiro atoms. The number of nitrogens with one attached hydrogen (secondary N) is 1. The predicted octanol–water partition coefficient (Wildman–Crippen LogP) is 3.06. The molecule has 3 rings (SSSR count). The van der Waals surface area contributed by atoms with Gasteiger partial charge in [-0.05, 0) is 44.2 Å². The molecule has 1 N–H and O–H groups in total. The molecule has 2 nitrogen and oxygen atoms in total. The number of hydrogen-bond donors (Lipinski definition) is 1. The van der Waals surface area contributed by atoms with E-state index in [2.05, 4.69) is 5.32 Å². The Kier molecular flexibility index (Phi) is 4.03. The van der Waals surface area contributed by atoms with Crippen molar-refractivity contribution in [3.8, 4) is 0 Å². The second kappa shape index (κ2) is 5.78. The Morgan fingerprint density at radius 3 is 2.60 bits per heavy atom. The number of hydrogen-bond acceptors (Lipinski definition) is 2. The van der Waals surface area contributed by atoms with E-state index in [1.807, 2.05) is 0 Å². The van der Waals surface area contributed by atoms with E-state index < -0.39 is 11.6 Å². The van der Waals surface area contributed by atoms with E-state index in [-0.39, 0.29) is 11.0 Å². The van der Waals surface area contributed by atoms with Gasteiger partial charge < -0.3 is 10.1 Å². The smallest absolute Gasteiger partial charge is 0.129 e. The van der Waals surface area contributed by atoms with E-state index in [9.17, 15) is 8.78 Å². The summed E-state index contributed by atoms with van der Waals surface area (Å²) in [4.78, 5) is 0. The van der Waals surface area contributed by atoms with Gasteiger partial charge in [0.05, 0.1) is 6.61 Å². The van der Waals surface area contributed by atoms with Crippen molar-refractivity contribution in [2.24, 2.45) is 5.41 Å². The Morgan fingerprint density at radius 1 is 1.25 bits per heavy atom. The molecule has 1 aromatic rings. The molecule has 2 aliphatic rings. The highest BCUT2D eigenvalue weighted by Gasteiger charge is 2.36. The highest BCUT2D eigenvalue weighted by atomic mass is 19.1. The Balaban J connectivity index is 1.77. The minimum atomic E-state index is -0.443. The van der Waals surface area contributed by atoms with Crippen molar-refractivity contribution < 1.29 is 13.5 Å². The third kappa shape index (κ3) is 3.18. The van der Waals surface area contributed by atoms with Gasteiger partial charge in [0, 0.05) is 30.2 Å². The minimum Gasteiger partial charge on any atom is -0.381 e. The molecule has 0 aromatic heterocycles. The van der Waals surface area contributed by atoms with Crippen LogP contribution >= 0.6 is 0 Å². The van der Waals surface area contributed by atoms with Crippen LogP contribution < -0.4 is 5.32 Å². The average Bonchev–Trinajstić information content (AvgIpc) is 3.27. The van der Waals surface area contributed by atoms with E-state index in [0.717, 1.165) is 26.0 Å². The molecule has 2 fully saturated rings. The number of benzene rings is 1. The normalized spacial score (nSPS) is 26.7. The molecule has 1 atom stereocenters. The summed E-state index contributed by atoms with van der Waals surface area (Å²) in [5, 5.41) is 3.50. The van der Waals surface area contributed by atoms with Crippen LogP contribution in [0.25, 0.3) is 0 Å². The van der Waals surface area contributed by atoms with Crippen molar-refractivity contribution in [2.75, 3.05) is 19.8 Å². The largest absolute Gasteiger partial charge is 0.381 e. The minimum absolute atomic E-state index is 0.177. The van der Waals surface area contributed by atoms with Gasteiger partial charge in [0.15, 0.2) is 0 Å². The number of halogens is 2. The van der Waals surface area contributed by atoms with Gasteiger partial charge in [-0.25, -0.2) is 8.78 Å². The van der Waals surface area contributed by atoms with Crippen LogP contribution in [0, 0.1) is 17.0 Å². The van der Waals surface area contributed by atoms with Crippen molar-refractivity contribution in [3.05, 3.63) is 35.4 Å². The maximum Gasteiger partial charge on any atom is 0.129 e. The Hall–Kier alpha value is -1.00. The zero-order valence-electron chi connectivity index (χ0n) is 11.6. The Labute approximate surface area is 118 Å². The van der Waals surface area contributed by atoms with Crippen LogP contribution in [0.2, 0.25) is 0 Å². The molecular weight excluding hydrogens is 260 g/mol. The molecule has 4 heteroatoms. The van der Waals surface area contributed by atoms with E-state index in [4.69, 9.17) is 4.74 Å². The lowest BCUT2D eigenvalue weighted by Crippen LogP contribution is -2.43. The van der Waals surface area contributed by atoms with E-state index >= 15 is 0 Å². The zero-order chi connectivity index (χ0) is 14.0. The molecule has 0 amide bonds. The van der Waals surface area contributed by atoms with E-state index in [1.165, 1.54) is 31.0 Å². The molecule has 1 heterocycles. The fourth-order valence-electron chi connectivity index (χ4n) is 2.98. The molecule has 1 saturated heterocycles. The third-order valence-corrected chi connectivity index (χ3v) is 4.36. The van der Waals surface area contributed by atoms with Gasteiger partial charge in [0.25, 0.3) is 0 Å². The van der Waals surface area contributed by atoms with Gasteiger partial charge in [-0.15, -0.1) is 0 Å². The van der Waals surface area contributed by atoms with Crippen molar-refractivity contribution in [1.29, 1.82) is 0 Å². The molecule has 110 valence electrons. The van der Waals surface area contributed by atoms with Crippen LogP contribution in [-0.2, 0) is 11.2 Å². The summed E-state index contributed by atoms with van der Waals surface area (Å²) in [5.41, 5.74) is 0.0275. The zero-order valence-corrected chi connectivity index (χ0v) is 11.6. The summed E-state index contributed by atoms with van der Waals surface area (Å²) in [5.74, 6) is -0.886. The molecule has 1 aliphatic carbocycles. The highest BCUT2D eigenvalue weighted by molar-refractivity contribution is 5.21. The van der Waals surface area contributed by atoms with Crippen molar-refractivity contribution >= 4 is 0 Å². The monoisotopic (exact) mass is 281 g/mol. The maximum absolute atomic E-state index is 13.9. The first kappa shape index (κ1) is 14.0. The van der Waals surface area contributed by atoms with Crippen LogP contribution in [0.15, 0.2) is 18.2 Å². The fraction of sp³-hybridized carbons (Fsp3) is 0.625. The van der Waals surface area contributed by atoms with Crippen LogP contribution in [0.4, 0.5) is 8.78 Å². The van der Waals surface area contributed by atoms with Crippen LogP contribution in [0.5, 0.6) is 0 Å². The molecular formula is C16H21F2NO. The first-order chi connectivity index (χ1) is 9.69. The maximum atomic E-state index is 13.9. The molecule has 1 aromatic carbocycles. The predicted molar refractivity (Wildman–Crippen MR) is 73.6 cm³/mol. The number of ether oxygens (including phenoxy) is 1. The SMILES string of the molecule is Fc1cccc(F)c1CC1(CNC2CC2)CCCOC1. The highest BCUT2D eigenvalue weighted by Crippen LogP contribution is 2.34. The summed E-state index contributed by atoms with van der Waals surface area (Å²) in [6, 6.07) is 4.69. The molecule has 0 radical (unpaired) electrons. The van der Waals surface area contributed by atoms with Crippen molar-refractivity contribution in [1.82, 2.24) is 5.32 Å². The van der Waals surface area contributed by atoms with Gasteiger partial charge in [0.1, 0.15) is 11.6 Å². The summed E-state index contributed by atoms with van der Waals surface area (Å²) in [7, 11) is 0. The molecule has 0 bridgehead atoms. The van der Waals surface area contributed by atoms with Crippen LogP contribution in [-0.4, -0.2) is 25.8 Å². The Morgan fingerprint density at radius 2 is 2.00 bits per heavy atom. The summed E-state index contributed by atoms with van der Waals surface area (Å²) < 4.78 is 33.4. The van der Waals surface area contributed by atoms with E-state index in [0.29, 0.717) is 19.1 Å².